The number of carbonyl (C=O) groups is 1. The summed E-state index contributed by atoms with van der Waals surface area (Å²) in [6.45, 7) is 1.92. The summed E-state index contributed by atoms with van der Waals surface area (Å²) < 4.78 is 28.4. The summed E-state index contributed by atoms with van der Waals surface area (Å²) in [6, 6.07) is 8.42. The van der Waals surface area contributed by atoms with E-state index in [-0.39, 0.29) is 10.1 Å². The summed E-state index contributed by atoms with van der Waals surface area (Å²) in [5.74, 6) is 0.387. The molecule has 0 radical (unpaired) electrons. The van der Waals surface area contributed by atoms with Gasteiger partial charge in [0.25, 0.3) is 10.0 Å². The first-order chi connectivity index (χ1) is 13.5. The van der Waals surface area contributed by atoms with Gasteiger partial charge in [-0.1, -0.05) is 17.4 Å². The molecule has 28 heavy (non-hydrogen) atoms. The van der Waals surface area contributed by atoms with Crippen molar-refractivity contribution in [1.82, 2.24) is 10.3 Å². The van der Waals surface area contributed by atoms with E-state index in [1.54, 1.807) is 35.7 Å². The fraction of sp³-hybridized carbons (Fsp3) is 0.333. The Bertz CT molecular complexity index is 1070. The molecule has 0 bridgehead atoms. The zero-order valence-electron chi connectivity index (χ0n) is 15.0. The zero-order valence-corrected chi connectivity index (χ0v) is 17.4. The van der Waals surface area contributed by atoms with Gasteiger partial charge in [0.2, 0.25) is 5.91 Å². The lowest BCUT2D eigenvalue weighted by Gasteiger charge is -2.21. The van der Waals surface area contributed by atoms with Crippen LogP contribution in [0.5, 0.6) is 0 Å². The van der Waals surface area contributed by atoms with Gasteiger partial charge in [-0.25, -0.2) is 13.4 Å². The van der Waals surface area contributed by atoms with E-state index in [0.29, 0.717) is 23.2 Å². The number of nitrogens with one attached hydrogen (secondary N) is 3. The molecule has 3 aromatic rings. The third kappa shape index (κ3) is 4.52. The van der Waals surface area contributed by atoms with Crippen molar-refractivity contribution in [3.05, 3.63) is 35.7 Å². The number of benzene rings is 1. The molecule has 2 aromatic heterocycles. The summed E-state index contributed by atoms with van der Waals surface area (Å²) in [5, 5.41) is 8.43. The zero-order chi connectivity index (χ0) is 19.6. The highest BCUT2D eigenvalue weighted by Gasteiger charge is 2.18. The van der Waals surface area contributed by atoms with Gasteiger partial charge in [-0.3, -0.25) is 9.52 Å². The minimum atomic E-state index is -3.59. The van der Waals surface area contributed by atoms with Crippen LogP contribution in [0.1, 0.15) is 19.3 Å². The second kappa shape index (κ2) is 8.16. The van der Waals surface area contributed by atoms with Crippen molar-refractivity contribution in [2.75, 3.05) is 23.1 Å². The molecule has 0 unspecified atom stereocenters. The molecule has 0 spiro atoms. The van der Waals surface area contributed by atoms with Crippen molar-refractivity contribution in [2.45, 2.75) is 23.5 Å². The molecule has 10 heteroatoms. The van der Waals surface area contributed by atoms with Crippen LogP contribution >= 0.6 is 22.7 Å². The Labute approximate surface area is 171 Å². The molecule has 1 amide bonds. The van der Waals surface area contributed by atoms with Gasteiger partial charge in [0.1, 0.15) is 4.21 Å². The van der Waals surface area contributed by atoms with Crippen molar-refractivity contribution >= 4 is 59.6 Å². The second-order valence-corrected chi connectivity index (χ2v) is 10.6. The lowest BCUT2D eigenvalue weighted by atomic mass is 9.94. The van der Waals surface area contributed by atoms with Crippen LogP contribution in [0.25, 0.3) is 10.2 Å². The number of sulfonamides is 1. The number of fused-ring (bicyclic) bond motifs is 1. The van der Waals surface area contributed by atoms with E-state index in [1.165, 1.54) is 22.7 Å². The van der Waals surface area contributed by atoms with Crippen molar-refractivity contribution in [1.29, 1.82) is 0 Å². The first-order valence-electron chi connectivity index (χ1n) is 8.97. The summed E-state index contributed by atoms with van der Waals surface area (Å²) in [7, 11) is -3.59. The molecule has 7 nitrogen and oxygen atoms in total. The maximum absolute atomic E-state index is 12.4. The predicted octanol–water partition coefficient (Wildman–Crippen LogP) is 3.49. The van der Waals surface area contributed by atoms with Gasteiger partial charge >= 0.3 is 0 Å². The van der Waals surface area contributed by atoms with Gasteiger partial charge in [0.15, 0.2) is 5.13 Å². The van der Waals surface area contributed by atoms with Crippen molar-refractivity contribution in [3.63, 3.8) is 0 Å². The summed E-state index contributed by atoms with van der Waals surface area (Å²) in [4.78, 5) is 16.7. The largest absolute Gasteiger partial charge is 0.317 e. The second-order valence-electron chi connectivity index (χ2n) is 6.68. The van der Waals surface area contributed by atoms with Crippen LogP contribution in [0.2, 0.25) is 0 Å². The van der Waals surface area contributed by atoms with E-state index in [2.05, 4.69) is 20.3 Å². The lowest BCUT2D eigenvalue weighted by Crippen LogP contribution is -2.30. The number of hydrogen-bond donors (Lipinski definition) is 3. The Morgan fingerprint density at radius 3 is 2.82 bits per heavy atom. The molecule has 4 rings (SSSR count). The van der Waals surface area contributed by atoms with Crippen molar-refractivity contribution in [2.24, 2.45) is 5.92 Å². The van der Waals surface area contributed by atoms with Crippen LogP contribution in [0.15, 0.2) is 39.9 Å². The maximum Gasteiger partial charge on any atom is 0.271 e. The first kappa shape index (κ1) is 19.3. The molecular weight excluding hydrogens is 416 g/mol. The average Bonchev–Trinajstić information content (AvgIpc) is 3.31. The number of anilines is 2. The van der Waals surface area contributed by atoms with E-state index >= 15 is 0 Å². The molecule has 1 fully saturated rings. The molecular formula is C18H20N4O3S3. The third-order valence-electron chi connectivity index (χ3n) is 4.58. The Hall–Kier alpha value is -2.01. The van der Waals surface area contributed by atoms with Crippen LogP contribution in [0.4, 0.5) is 10.8 Å². The van der Waals surface area contributed by atoms with E-state index in [0.717, 1.165) is 36.1 Å². The minimum absolute atomic E-state index is 0.0235. The Morgan fingerprint density at radius 1 is 1.25 bits per heavy atom. The molecule has 1 aromatic carbocycles. The number of amides is 1. The number of rotatable bonds is 6. The molecule has 1 aliphatic rings. The summed E-state index contributed by atoms with van der Waals surface area (Å²) in [5.41, 5.74) is 1.19. The molecule has 1 saturated heterocycles. The molecule has 0 saturated carbocycles. The van der Waals surface area contributed by atoms with Crippen LogP contribution in [0.3, 0.4) is 0 Å². The normalized spacial score (nSPS) is 15.6. The molecule has 3 N–H and O–H groups in total. The average molecular weight is 437 g/mol. The number of aromatic nitrogens is 1. The van der Waals surface area contributed by atoms with Gasteiger partial charge in [-0.2, -0.15) is 0 Å². The standard InChI is InChI=1S/C18H20N4O3S3/c23-16(10-12-5-7-19-8-6-12)21-18-20-14-4-3-13(11-15(14)27-18)22-28(24,25)17-2-1-9-26-17/h1-4,9,11-12,19,22H,5-8,10H2,(H,20,21,23). The monoisotopic (exact) mass is 436 g/mol. The maximum atomic E-state index is 12.4. The Kier molecular flexibility index (Phi) is 5.63. The van der Waals surface area contributed by atoms with Gasteiger partial charge in [0.05, 0.1) is 15.9 Å². The van der Waals surface area contributed by atoms with Gasteiger partial charge in [-0.15, -0.1) is 11.3 Å². The number of thiophene rings is 1. The Morgan fingerprint density at radius 2 is 2.07 bits per heavy atom. The van der Waals surface area contributed by atoms with E-state index in [4.69, 9.17) is 0 Å². The fourth-order valence-corrected chi connectivity index (χ4v) is 6.15. The van der Waals surface area contributed by atoms with Crippen LogP contribution in [-0.4, -0.2) is 32.4 Å². The highest BCUT2D eigenvalue weighted by molar-refractivity contribution is 7.94. The highest BCUT2D eigenvalue weighted by Crippen LogP contribution is 2.30. The number of thiazole rings is 1. The van der Waals surface area contributed by atoms with E-state index < -0.39 is 10.0 Å². The summed E-state index contributed by atoms with van der Waals surface area (Å²) >= 11 is 2.50. The van der Waals surface area contributed by atoms with Gasteiger partial charge in [-0.05, 0) is 61.5 Å². The van der Waals surface area contributed by atoms with Gasteiger partial charge < -0.3 is 10.6 Å². The molecule has 0 aliphatic carbocycles. The molecule has 148 valence electrons. The fourth-order valence-electron chi connectivity index (χ4n) is 3.18. The van der Waals surface area contributed by atoms with E-state index in [1.807, 2.05) is 0 Å². The number of piperidine rings is 1. The SMILES string of the molecule is O=C(CC1CCNCC1)Nc1nc2ccc(NS(=O)(=O)c3cccs3)cc2s1. The number of nitrogens with zero attached hydrogens (tertiary/aromatic N) is 1. The topological polar surface area (TPSA) is 100 Å². The number of hydrogen-bond acceptors (Lipinski definition) is 7. The van der Waals surface area contributed by atoms with Gasteiger partial charge in [0, 0.05) is 6.42 Å². The smallest absolute Gasteiger partial charge is 0.271 e. The quantitative estimate of drug-likeness (QED) is 0.549. The Balaban J connectivity index is 1.45. The predicted molar refractivity (Wildman–Crippen MR) is 114 cm³/mol. The van der Waals surface area contributed by atoms with Crippen LogP contribution < -0.4 is 15.4 Å². The highest BCUT2D eigenvalue weighted by atomic mass is 32.2. The molecule has 0 atom stereocenters. The first-order valence-corrected chi connectivity index (χ1v) is 12.1. The number of carbonyl (C=O) groups excluding carboxylic acids is 1. The van der Waals surface area contributed by atoms with Crippen LogP contribution in [0, 0.1) is 5.92 Å². The van der Waals surface area contributed by atoms with E-state index in [9.17, 15) is 13.2 Å². The van der Waals surface area contributed by atoms with Crippen molar-refractivity contribution < 1.29 is 13.2 Å². The minimum Gasteiger partial charge on any atom is -0.317 e. The van der Waals surface area contributed by atoms with Crippen LogP contribution in [-0.2, 0) is 14.8 Å². The summed E-state index contributed by atoms with van der Waals surface area (Å²) in [6.07, 6.45) is 2.53. The van der Waals surface area contributed by atoms with Crippen molar-refractivity contribution in [3.8, 4) is 0 Å². The third-order valence-corrected chi connectivity index (χ3v) is 8.29. The molecule has 1 aliphatic heterocycles. The molecule has 3 heterocycles. The lowest BCUT2D eigenvalue weighted by molar-refractivity contribution is -0.117.